The molecule has 0 aliphatic heterocycles. The number of hydrogen-bond donors (Lipinski definition) is 0. The van der Waals surface area contributed by atoms with E-state index < -0.39 is 0 Å². The van der Waals surface area contributed by atoms with Crippen LogP contribution in [0.15, 0.2) is 0 Å². The maximum absolute atomic E-state index is 6.46. The molecule has 0 unspecified atom stereocenters. The van der Waals surface area contributed by atoms with E-state index in [0.29, 0.717) is 5.92 Å². The van der Waals surface area contributed by atoms with Gasteiger partial charge in [0.1, 0.15) is 11.0 Å². The van der Waals surface area contributed by atoms with Gasteiger partial charge in [-0.2, -0.15) is 0 Å². The quantitative estimate of drug-likeness (QED) is 0.523. The fourth-order valence-electron chi connectivity index (χ4n) is 3.64. The second-order valence-corrected chi connectivity index (χ2v) is 6.76. The van der Waals surface area contributed by atoms with Crippen LogP contribution >= 0.6 is 11.6 Å². The van der Waals surface area contributed by atoms with E-state index in [-0.39, 0.29) is 0 Å². The smallest absolute Gasteiger partial charge is 0.136 e. The van der Waals surface area contributed by atoms with Gasteiger partial charge in [-0.1, -0.05) is 50.1 Å². The van der Waals surface area contributed by atoms with Crippen LogP contribution in [0.4, 0.5) is 0 Å². The van der Waals surface area contributed by atoms with Crippen LogP contribution < -0.4 is 0 Å². The number of aryl methyl sites for hydroxylation is 1. The molecule has 3 rings (SSSR count). The van der Waals surface area contributed by atoms with E-state index in [4.69, 9.17) is 16.6 Å². The monoisotopic (exact) mass is 292 g/mol. The zero-order valence-corrected chi connectivity index (χ0v) is 13.1. The molecule has 0 saturated heterocycles. The molecule has 2 aliphatic carbocycles. The van der Waals surface area contributed by atoms with E-state index in [1.807, 2.05) is 0 Å². The lowest BCUT2D eigenvalue weighted by atomic mass is 9.90. The molecule has 110 valence electrons. The van der Waals surface area contributed by atoms with Crippen LogP contribution in [0.2, 0.25) is 5.15 Å². The minimum Gasteiger partial charge on any atom is -0.237 e. The number of nitrogens with zero attached hydrogens (tertiary/aromatic N) is 2. The summed E-state index contributed by atoms with van der Waals surface area (Å²) < 4.78 is 0. The van der Waals surface area contributed by atoms with Gasteiger partial charge in [-0.15, -0.1) is 0 Å². The van der Waals surface area contributed by atoms with Gasteiger partial charge >= 0.3 is 0 Å². The van der Waals surface area contributed by atoms with Gasteiger partial charge in [0.05, 0.1) is 0 Å². The summed E-state index contributed by atoms with van der Waals surface area (Å²) in [6.07, 6.45) is 15.2. The van der Waals surface area contributed by atoms with Crippen LogP contribution in [0.1, 0.15) is 87.2 Å². The summed E-state index contributed by atoms with van der Waals surface area (Å²) >= 11 is 6.46. The highest BCUT2D eigenvalue weighted by Gasteiger charge is 2.21. The molecule has 3 heteroatoms. The summed E-state index contributed by atoms with van der Waals surface area (Å²) in [5, 5.41) is 0.744. The van der Waals surface area contributed by atoms with Crippen molar-refractivity contribution >= 4 is 11.6 Å². The minimum absolute atomic E-state index is 0.543. The van der Waals surface area contributed by atoms with E-state index in [0.717, 1.165) is 23.8 Å². The highest BCUT2D eigenvalue weighted by Crippen LogP contribution is 2.32. The highest BCUT2D eigenvalue weighted by atomic mass is 35.5. The second kappa shape index (κ2) is 6.89. The van der Waals surface area contributed by atoms with E-state index in [9.17, 15) is 0 Å². The first-order valence-electron chi connectivity index (χ1n) is 8.40. The predicted molar refractivity (Wildman–Crippen MR) is 83.4 cm³/mol. The Morgan fingerprint density at radius 3 is 2.20 bits per heavy atom. The fourth-order valence-corrected chi connectivity index (χ4v) is 3.93. The number of fused-ring (bicyclic) bond motifs is 1. The van der Waals surface area contributed by atoms with Crippen LogP contribution in [0.5, 0.6) is 0 Å². The Balaban J connectivity index is 1.85. The van der Waals surface area contributed by atoms with Gasteiger partial charge in [0.25, 0.3) is 0 Å². The molecule has 0 aromatic carbocycles. The zero-order chi connectivity index (χ0) is 13.8. The summed E-state index contributed by atoms with van der Waals surface area (Å²) in [6, 6.07) is 0. The van der Waals surface area contributed by atoms with Crippen LogP contribution in [-0.2, 0) is 12.8 Å². The number of halogens is 1. The van der Waals surface area contributed by atoms with Crippen LogP contribution in [0.3, 0.4) is 0 Å². The third-order valence-corrected chi connectivity index (χ3v) is 5.18. The van der Waals surface area contributed by atoms with Gasteiger partial charge in [0.15, 0.2) is 0 Å². The zero-order valence-electron chi connectivity index (χ0n) is 12.3. The Kier molecular flexibility index (Phi) is 4.93. The third kappa shape index (κ3) is 3.33. The first-order chi connectivity index (χ1) is 9.84. The van der Waals surface area contributed by atoms with E-state index in [2.05, 4.69) is 4.98 Å². The van der Waals surface area contributed by atoms with Gasteiger partial charge < -0.3 is 0 Å². The predicted octanol–water partition coefficient (Wildman–Crippen LogP) is 5.23. The second-order valence-electron chi connectivity index (χ2n) is 6.40. The van der Waals surface area contributed by atoms with E-state index >= 15 is 0 Å². The minimum atomic E-state index is 0.543. The summed E-state index contributed by atoms with van der Waals surface area (Å²) in [7, 11) is 0. The maximum atomic E-state index is 6.46. The molecule has 0 bridgehead atoms. The van der Waals surface area contributed by atoms with Crippen LogP contribution in [-0.4, -0.2) is 9.97 Å². The van der Waals surface area contributed by atoms with Crippen molar-refractivity contribution in [2.24, 2.45) is 0 Å². The molecular formula is C17H25ClN2. The Bertz CT molecular complexity index is 451. The molecule has 2 aliphatic rings. The number of rotatable bonds is 1. The number of hydrogen-bond acceptors (Lipinski definition) is 2. The Morgan fingerprint density at radius 2 is 1.40 bits per heavy atom. The Labute approximate surface area is 127 Å². The van der Waals surface area contributed by atoms with Gasteiger partial charge in [-0.25, -0.2) is 9.97 Å². The molecule has 20 heavy (non-hydrogen) atoms. The van der Waals surface area contributed by atoms with Crippen molar-refractivity contribution < 1.29 is 0 Å². The molecule has 0 spiro atoms. The molecule has 1 aromatic rings. The van der Waals surface area contributed by atoms with E-state index in [1.165, 1.54) is 75.5 Å². The van der Waals surface area contributed by atoms with Gasteiger partial charge in [-0.3, -0.25) is 0 Å². The van der Waals surface area contributed by atoms with Crippen molar-refractivity contribution in [1.29, 1.82) is 0 Å². The molecule has 0 atom stereocenters. The van der Waals surface area contributed by atoms with Crippen LogP contribution in [0.25, 0.3) is 0 Å². The summed E-state index contributed by atoms with van der Waals surface area (Å²) in [5.41, 5.74) is 2.48. The average Bonchev–Trinajstić information content (AvgIpc) is 2.63. The lowest BCUT2D eigenvalue weighted by Gasteiger charge is -2.20. The molecule has 1 fully saturated rings. The molecule has 0 N–H and O–H groups in total. The molecule has 0 radical (unpaired) electrons. The van der Waals surface area contributed by atoms with Gasteiger partial charge in [0.2, 0.25) is 0 Å². The molecule has 2 nitrogen and oxygen atoms in total. The van der Waals surface area contributed by atoms with E-state index in [1.54, 1.807) is 0 Å². The highest BCUT2D eigenvalue weighted by molar-refractivity contribution is 6.30. The number of aromatic nitrogens is 2. The maximum Gasteiger partial charge on any atom is 0.136 e. The summed E-state index contributed by atoms with van der Waals surface area (Å²) in [4.78, 5) is 9.61. The molecule has 0 amide bonds. The van der Waals surface area contributed by atoms with Crippen molar-refractivity contribution in [2.45, 2.75) is 83.0 Å². The molecule has 1 heterocycles. The third-order valence-electron chi connectivity index (χ3n) is 4.87. The Hall–Kier alpha value is -0.630. The van der Waals surface area contributed by atoms with Crippen molar-refractivity contribution in [3.63, 3.8) is 0 Å². The molecule has 1 aromatic heterocycles. The lowest BCUT2D eigenvalue weighted by molar-refractivity contribution is 0.441. The fraction of sp³-hybridized carbons (Fsp3) is 0.765. The first kappa shape index (κ1) is 14.3. The topological polar surface area (TPSA) is 25.8 Å². The lowest BCUT2D eigenvalue weighted by Crippen LogP contribution is -2.11. The average molecular weight is 293 g/mol. The summed E-state index contributed by atoms with van der Waals surface area (Å²) in [6.45, 7) is 0. The largest absolute Gasteiger partial charge is 0.237 e. The normalized spacial score (nSPS) is 21.6. The Morgan fingerprint density at radius 1 is 0.750 bits per heavy atom. The van der Waals surface area contributed by atoms with Crippen molar-refractivity contribution in [2.75, 3.05) is 0 Å². The van der Waals surface area contributed by atoms with Crippen molar-refractivity contribution in [3.05, 3.63) is 22.2 Å². The van der Waals surface area contributed by atoms with Crippen LogP contribution in [0, 0.1) is 0 Å². The first-order valence-corrected chi connectivity index (χ1v) is 8.77. The van der Waals surface area contributed by atoms with Gasteiger partial charge in [-0.05, 0) is 38.5 Å². The van der Waals surface area contributed by atoms with Crippen molar-refractivity contribution in [3.8, 4) is 0 Å². The van der Waals surface area contributed by atoms with Crippen molar-refractivity contribution in [1.82, 2.24) is 9.97 Å². The molecular weight excluding hydrogens is 268 g/mol. The SMILES string of the molecule is Clc1nc(C2CCCCCCC2)nc2c1CCCCC2. The standard InChI is InChI=1S/C17H25ClN2/c18-16-14-11-7-4-8-12-15(14)19-17(20-16)13-9-5-2-1-3-6-10-13/h13H,1-12H2. The van der Waals surface area contributed by atoms with Gasteiger partial charge in [0, 0.05) is 17.2 Å². The summed E-state index contributed by atoms with van der Waals surface area (Å²) in [5.74, 6) is 1.58. The molecule has 1 saturated carbocycles.